The first kappa shape index (κ1) is 22.5. The molecule has 1 N–H and O–H groups in total. The third kappa shape index (κ3) is 7.63. The summed E-state index contributed by atoms with van der Waals surface area (Å²) in [6, 6.07) is 13.6. The van der Waals surface area contributed by atoms with Gasteiger partial charge in [0.25, 0.3) is 0 Å². The highest BCUT2D eigenvalue weighted by Gasteiger charge is 2.17. The van der Waals surface area contributed by atoms with E-state index in [1.165, 1.54) is 0 Å². The SMILES string of the molecule is COc1ccccc1NC(=O)N(CCN(C)C)Cc1cccc(OS(C)(=O)=O)c1. The molecule has 0 unspecified atom stereocenters. The summed E-state index contributed by atoms with van der Waals surface area (Å²) in [6.45, 7) is 1.43. The topological polar surface area (TPSA) is 88.2 Å². The maximum atomic E-state index is 12.9. The highest BCUT2D eigenvalue weighted by molar-refractivity contribution is 7.86. The van der Waals surface area contributed by atoms with Gasteiger partial charge in [-0.15, -0.1) is 0 Å². The third-order valence-electron chi connectivity index (χ3n) is 3.97. The molecule has 8 nitrogen and oxygen atoms in total. The number of ether oxygens (including phenoxy) is 1. The van der Waals surface area contributed by atoms with E-state index < -0.39 is 10.1 Å². The normalized spacial score (nSPS) is 11.2. The average molecular weight is 422 g/mol. The van der Waals surface area contributed by atoms with E-state index in [9.17, 15) is 13.2 Å². The smallest absolute Gasteiger partial charge is 0.322 e. The van der Waals surface area contributed by atoms with Crippen molar-refractivity contribution in [2.24, 2.45) is 0 Å². The van der Waals surface area contributed by atoms with Crippen LogP contribution >= 0.6 is 0 Å². The molecule has 2 rings (SSSR count). The summed E-state index contributed by atoms with van der Waals surface area (Å²) in [7, 11) is 1.78. The van der Waals surface area contributed by atoms with Crippen molar-refractivity contribution >= 4 is 21.8 Å². The second-order valence-electron chi connectivity index (χ2n) is 6.79. The molecule has 0 aliphatic rings. The van der Waals surface area contributed by atoms with Crippen LogP contribution < -0.4 is 14.2 Å². The lowest BCUT2D eigenvalue weighted by Crippen LogP contribution is -2.39. The van der Waals surface area contributed by atoms with Gasteiger partial charge in [-0.2, -0.15) is 8.42 Å². The van der Waals surface area contributed by atoms with Crippen LogP contribution in [0.5, 0.6) is 11.5 Å². The zero-order chi connectivity index (χ0) is 21.4. The van der Waals surface area contributed by atoms with Crippen molar-refractivity contribution in [3.63, 3.8) is 0 Å². The van der Waals surface area contributed by atoms with Crippen LogP contribution in [0.3, 0.4) is 0 Å². The first-order valence-corrected chi connectivity index (χ1v) is 10.8. The first-order valence-electron chi connectivity index (χ1n) is 9.00. The van der Waals surface area contributed by atoms with Crippen LogP contribution in [0, 0.1) is 0 Å². The van der Waals surface area contributed by atoms with Crippen LogP contribution in [-0.2, 0) is 16.7 Å². The van der Waals surface area contributed by atoms with Gasteiger partial charge in [-0.3, -0.25) is 0 Å². The van der Waals surface area contributed by atoms with Crippen molar-refractivity contribution < 1.29 is 22.1 Å². The minimum atomic E-state index is -3.62. The van der Waals surface area contributed by atoms with Crippen LogP contribution in [0.1, 0.15) is 5.56 Å². The van der Waals surface area contributed by atoms with Crippen LogP contribution in [0.4, 0.5) is 10.5 Å². The Balaban J connectivity index is 2.19. The second-order valence-corrected chi connectivity index (χ2v) is 8.37. The van der Waals surface area contributed by atoms with Gasteiger partial charge in [0.15, 0.2) is 0 Å². The minimum Gasteiger partial charge on any atom is -0.495 e. The van der Waals surface area contributed by atoms with Gasteiger partial charge in [-0.1, -0.05) is 24.3 Å². The highest BCUT2D eigenvalue weighted by Crippen LogP contribution is 2.24. The van der Waals surface area contributed by atoms with E-state index in [-0.39, 0.29) is 18.3 Å². The van der Waals surface area contributed by atoms with Gasteiger partial charge in [-0.25, -0.2) is 4.79 Å². The average Bonchev–Trinajstić information content (AvgIpc) is 2.64. The number of rotatable bonds is 9. The molecule has 0 atom stereocenters. The molecule has 0 radical (unpaired) electrons. The van der Waals surface area contributed by atoms with Crippen molar-refractivity contribution in [3.05, 3.63) is 54.1 Å². The molecule has 0 spiro atoms. The van der Waals surface area contributed by atoms with Crippen LogP contribution in [0.15, 0.2) is 48.5 Å². The molecule has 0 saturated carbocycles. The summed E-state index contributed by atoms with van der Waals surface area (Å²) in [5.74, 6) is 0.777. The Labute approximate surface area is 172 Å². The zero-order valence-corrected chi connectivity index (χ0v) is 17.9. The Morgan fingerprint density at radius 3 is 2.45 bits per heavy atom. The molecule has 0 bridgehead atoms. The number of hydrogen-bond acceptors (Lipinski definition) is 6. The molecule has 2 aromatic carbocycles. The molecule has 2 amide bonds. The Hall–Kier alpha value is -2.78. The number of benzene rings is 2. The largest absolute Gasteiger partial charge is 0.495 e. The van der Waals surface area contributed by atoms with Crippen molar-refractivity contribution in [1.82, 2.24) is 9.80 Å². The van der Waals surface area contributed by atoms with E-state index in [2.05, 4.69) is 5.32 Å². The molecule has 158 valence electrons. The minimum absolute atomic E-state index is 0.211. The zero-order valence-electron chi connectivity index (χ0n) is 17.1. The Bertz CT molecular complexity index is 931. The molecule has 9 heteroatoms. The first-order chi connectivity index (χ1) is 13.7. The van der Waals surface area contributed by atoms with Crippen molar-refractivity contribution in [1.29, 1.82) is 0 Å². The Morgan fingerprint density at radius 2 is 1.79 bits per heavy atom. The molecule has 0 fully saturated rings. The summed E-state index contributed by atoms with van der Waals surface area (Å²) >= 11 is 0. The fraction of sp³-hybridized carbons (Fsp3) is 0.350. The number of para-hydroxylation sites is 2. The van der Waals surface area contributed by atoms with Gasteiger partial charge < -0.3 is 24.0 Å². The summed E-state index contributed by atoms with van der Waals surface area (Å²) in [6.07, 6.45) is 0.990. The fourth-order valence-corrected chi connectivity index (χ4v) is 3.06. The maximum absolute atomic E-state index is 12.9. The maximum Gasteiger partial charge on any atom is 0.322 e. The van der Waals surface area contributed by atoms with Crippen molar-refractivity contribution in [2.45, 2.75) is 6.54 Å². The van der Waals surface area contributed by atoms with Gasteiger partial charge in [0.2, 0.25) is 0 Å². The molecule has 0 aliphatic heterocycles. The van der Waals surface area contributed by atoms with Gasteiger partial charge in [-0.05, 0) is 43.9 Å². The van der Waals surface area contributed by atoms with Gasteiger partial charge in [0.1, 0.15) is 11.5 Å². The van der Waals surface area contributed by atoms with Crippen LogP contribution in [-0.4, -0.2) is 64.8 Å². The monoisotopic (exact) mass is 421 g/mol. The van der Waals surface area contributed by atoms with E-state index in [4.69, 9.17) is 8.92 Å². The summed E-state index contributed by atoms with van der Waals surface area (Å²) in [4.78, 5) is 16.5. The standard InChI is InChI=1S/C20H27N3O5S/c1-22(2)12-13-23(20(24)21-18-10-5-6-11-19(18)27-3)15-16-8-7-9-17(14-16)28-29(4,25)26/h5-11,14H,12-13,15H2,1-4H3,(H,21,24). The molecule has 2 aromatic rings. The number of likely N-dealkylation sites (N-methyl/N-ethyl adjacent to an activating group) is 1. The molecule has 0 aromatic heterocycles. The lowest BCUT2D eigenvalue weighted by Gasteiger charge is -2.25. The van der Waals surface area contributed by atoms with E-state index in [0.29, 0.717) is 24.5 Å². The van der Waals surface area contributed by atoms with Crippen molar-refractivity contribution in [3.8, 4) is 11.5 Å². The quantitative estimate of drug-likeness (QED) is 0.626. The molecule has 0 saturated heterocycles. The molecular weight excluding hydrogens is 394 g/mol. The number of methoxy groups -OCH3 is 1. The summed E-state index contributed by atoms with van der Waals surface area (Å²) in [5.41, 5.74) is 1.32. The number of hydrogen-bond donors (Lipinski definition) is 1. The number of nitrogens with zero attached hydrogens (tertiary/aromatic N) is 2. The second kappa shape index (κ2) is 10.1. The van der Waals surface area contributed by atoms with E-state index in [1.807, 2.05) is 37.2 Å². The number of amides is 2. The number of carbonyl (C=O) groups is 1. The number of urea groups is 1. The molecule has 0 aliphatic carbocycles. The predicted octanol–water partition coefficient (Wildman–Crippen LogP) is 2.63. The fourth-order valence-electron chi connectivity index (χ4n) is 2.61. The number of carbonyl (C=O) groups excluding carboxylic acids is 1. The van der Waals surface area contributed by atoms with E-state index in [0.717, 1.165) is 11.8 Å². The summed E-state index contributed by atoms with van der Waals surface area (Å²) < 4.78 is 33.0. The van der Waals surface area contributed by atoms with Crippen LogP contribution in [0.25, 0.3) is 0 Å². The van der Waals surface area contributed by atoms with E-state index >= 15 is 0 Å². The lowest BCUT2D eigenvalue weighted by atomic mass is 10.2. The van der Waals surface area contributed by atoms with Crippen LogP contribution in [0.2, 0.25) is 0 Å². The molecular formula is C20H27N3O5S. The van der Waals surface area contributed by atoms with Gasteiger partial charge >= 0.3 is 16.1 Å². The highest BCUT2D eigenvalue weighted by atomic mass is 32.2. The lowest BCUT2D eigenvalue weighted by molar-refractivity contribution is 0.202. The van der Waals surface area contributed by atoms with Gasteiger partial charge in [0.05, 0.1) is 19.1 Å². The van der Waals surface area contributed by atoms with E-state index in [1.54, 1.807) is 42.3 Å². The Kier molecular flexibility index (Phi) is 7.86. The third-order valence-corrected chi connectivity index (χ3v) is 4.47. The molecule has 0 heterocycles. The predicted molar refractivity (Wildman–Crippen MR) is 113 cm³/mol. The summed E-state index contributed by atoms with van der Waals surface area (Å²) in [5, 5.41) is 2.87. The van der Waals surface area contributed by atoms with Gasteiger partial charge in [0, 0.05) is 19.6 Å². The number of anilines is 1. The molecule has 29 heavy (non-hydrogen) atoms. The Morgan fingerprint density at radius 1 is 1.07 bits per heavy atom. The van der Waals surface area contributed by atoms with Crippen molar-refractivity contribution in [2.75, 3.05) is 45.9 Å². The number of nitrogens with one attached hydrogen (secondary N) is 1.